The second-order valence-corrected chi connectivity index (χ2v) is 5.14. The smallest absolute Gasteiger partial charge is 0.0601 e. The van der Waals surface area contributed by atoms with Crippen molar-refractivity contribution in [2.45, 2.75) is 56.7 Å². The number of hydrogen-bond acceptors (Lipinski definition) is 3. The predicted octanol–water partition coefficient (Wildman–Crippen LogP) is 1.27. The van der Waals surface area contributed by atoms with E-state index in [1.807, 2.05) is 0 Å². The lowest BCUT2D eigenvalue weighted by atomic mass is 9.83. The average molecular weight is 212 g/mol. The maximum absolute atomic E-state index is 6.11. The molecule has 2 aliphatic rings. The highest BCUT2D eigenvalue weighted by atomic mass is 16.5. The van der Waals surface area contributed by atoms with Crippen molar-refractivity contribution in [1.29, 1.82) is 0 Å². The molecule has 0 bridgehead atoms. The molecule has 0 saturated heterocycles. The van der Waals surface area contributed by atoms with E-state index in [9.17, 15) is 0 Å². The lowest BCUT2D eigenvalue weighted by molar-refractivity contribution is 0.0158. The van der Waals surface area contributed by atoms with E-state index in [4.69, 9.17) is 10.5 Å². The van der Waals surface area contributed by atoms with Gasteiger partial charge in [0.2, 0.25) is 0 Å². The Kier molecular flexibility index (Phi) is 4.00. The van der Waals surface area contributed by atoms with Crippen molar-refractivity contribution in [2.24, 2.45) is 11.7 Å². The molecule has 2 rings (SSSR count). The number of nitrogens with one attached hydrogen (secondary N) is 1. The van der Waals surface area contributed by atoms with Gasteiger partial charge in [0.1, 0.15) is 0 Å². The number of methoxy groups -OCH3 is 1. The molecule has 0 heterocycles. The SMILES string of the molecule is COC1CC(NCC2CCCCC2N)C1. The molecule has 3 nitrogen and oxygen atoms in total. The van der Waals surface area contributed by atoms with E-state index in [1.165, 1.54) is 38.5 Å². The molecule has 0 amide bonds. The maximum atomic E-state index is 6.11. The first-order valence-corrected chi connectivity index (χ1v) is 6.31. The fourth-order valence-electron chi connectivity index (χ4n) is 2.73. The monoisotopic (exact) mass is 212 g/mol. The van der Waals surface area contributed by atoms with E-state index in [1.54, 1.807) is 7.11 Å². The highest BCUT2D eigenvalue weighted by molar-refractivity contribution is 4.88. The molecule has 2 aliphatic carbocycles. The van der Waals surface area contributed by atoms with E-state index in [0.717, 1.165) is 6.54 Å². The minimum atomic E-state index is 0.435. The third kappa shape index (κ3) is 2.92. The molecular formula is C12H24N2O. The summed E-state index contributed by atoms with van der Waals surface area (Å²) in [6.45, 7) is 1.11. The Morgan fingerprint density at radius 3 is 2.67 bits per heavy atom. The molecule has 2 fully saturated rings. The summed E-state index contributed by atoms with van der Waals surface area (Å²) in [4.78, 5) is 0. The number of hydrogen-bond donors (Lipinski definition) is 2. The second kappa shape index (κ2) is 5.28. The quantitative estimate of drug-likeness (QED) is 0.738. The van der Waals surface area contributed by atoms with E-state index in [2.05, 4.69) is 5.32 Å². The van der Waals surface area contributed by atoms with Gasteiger partial charge in [0.15, 0.2) is 0 Å². The van der Waals surface area contributed by atoms with Gasteiger partial charge in [0, 0.05) is 19.2 Å². The van der Waals surface area contributed by atoms with E-state index in [0.29, 0.717) is 24.1 Å². The zero-order valence-electron chi connectivity index (χ0n) is 9.74. The third-order valence-electron chi connectivity index (χ3n) is 4.06. The molecule has 3 heteroatoms. The Hall–Kier alpha value is -0.120. The van der Waals surface area contributed by atoms with Crippen LogP contribution in [0.15, 0.2) is 0 Å². The van der Waals surface area contributed by atoms with Crippen molar-refractivity contribution < 1.29 is 4.74 Å². The summed E-state index contributed by atoms with van der Waals surface area (Å²) in [5, 5.41) is 3.62. The lowest BCUT2D eigenvalue weighted by Crippen LogP contribution is -2.49. The van der Waals surface area contributed by atoms with Gasteiger partial charge in [-0.3, -0.25) is 0 Å². The highest BCUT2D eigenvalue weighted by Crippen LogP contribution is 2.25. The molecule has 2 saturated carbocycles. The molecule has 2 unspecified atom stereocenters. The van der Waals surface area contributed by atoms with Crippen LogP contribution in [0.4, 0.5) is 0 Å². The van der Waals surface area contributed by atoms with Gasteiger partial charge >= 0.3 is 0 Å². The molecule has 0 aromatic rings. The van der Waals surface area contributed by atoms with Gasteiger partial charge in [-0.05, 0) is 38.1 Å². The lowest BCUT2D eigenvalue weighted by Gasteiger charge is -2.37. The summed E-state index contributed by atoms with van der Waals surface area (Å²) >= 11 is 0. The molecule has 0 radical (unpaired) electrons. The Morgan fingerprint density at radius 1 is 1.27 bits per heavy atom. The summed E-state index contributed by atoms with van der Waals surface area (Å²) in [6, 6.07) is 1.12. The van der Waals surface area contributed by atoms with Crippen LogP contribution < -0.4 is 11.1 Å². The van der Waals surface area contributed by atoms with Crippen LogP contribution in [0.25, 0.3) is 0 Å². The standard InChI is InChI=1S/C12H24N2O/c1-15-11-6-10(7-11)14-8-9-4-2-3-5-12(9)13/h9-12,14H,2-8,13H2,1H3. The topological polar surface area (TPSA) is 47.3 Å². The normalized spacial score (nSPS) is 41.2. The number of rotatable bonds is 4. The van der Waals surface area contributed by atoms with Gasteiger partial charge in [-0.25, -0.2) is 0 Å². The summed E-state index contributed by atoms with van der Waals surface area (Å²) < 4.78 is 5.26. The summed E-state index contributed by atoms with van der Waals surface area (Å²) in [6.07, 6.45) is 8.09. The van der Waals surface area contributed by atoms with Crippen molar-refractivity contribution in [3.05, 3.63) is 0 Å². The summed E-state index contributed by atoms with van der Waals surface area (Å²) in [5.41, 5.74) is 6.11. The van der Waals surface area contributed by atoms with Crippen molar-refractivity contribution >= 4 is 0 Å². The van der Waals surface area contributed by atoms with Crippen LogP contribution in [0, 0.1) is 5.92 Å². The molecule has 0 spiro atoms. The van der Waals surface area contributed by atoms with E-state index < -0.39 is 0 Å². The van der Waals surface area contributed by atoms with Gasteiger partial charge in [-0.15, -0.1) is 0 Å². The molecule has 88 valence electrons. The van der Waals surface area contributed by atoms with Crippen molar-refractivity contribution in [1.82, 2.24) is 5.32 Å². The van der Waals surface area contributed by atoms with Crippen LogP contribution in [0.3, 0.4) is 0 Å². The van der Waals surface area contributed by atoms with Gasteiger partial charge < -0.3 is 15.8 Å². The molecular weight excluding hydrogens is 188 g/mol. The van der Waals surface area contributed by atoms with Crippen LogP contribution >= 0.6 is 0 Å². The molecule has 15 heavy (non-hydrogen) atoms. The Balaban J connectivity index is 1.61. The van der Waals surface area contributed by atoms with Crippen LogP contribution in [-0.2, 0) is 4.74 Å². The van der Waals surface area contributed by atoms with E-state index in [-0.39, 0.29) is 0 Å². The van der Waals surface area contributed by atoms with Crippen LogP contribution in [0.2, 0.25) is 0 Å². The van der Waals surface area contributed by atoms with Gasteiger partial charge in [-0.2, -0.15) is 0 Å². The maximum Gasteiger partial charge on any atom is 0.0601 e. The van der Waals surface area contributed by atoms with Crippen LogP contribution in [0.1, 0.15) is 38.5 Å². The van der Waals surface area contributed by atoms with Crippen molar-refractivity contribution in [2.75, 3.05) is 13.7 Å². The Labute approximate surface area is 92.7 Å². The van der Waals surface area contributed by atoms with Crippen molar-refractivity contribution in [3.8, 4) is 0 Å². The fourth-order valence-corrected chi connectivity index (χ4v) is 2.73. The molecule has 0 aromatic carbocycles. The van der Waals surface area contributed by atoms with Gasteiger partial charge in [-0.1, -0.05) is 12.8 Å². The average Bonchev–Trinajstić information content (AvgIpc) is 2.18. The largest absolute Gasteiger partial charge is 0.381 e. The van der Waals surface area contributed by atoms with E-state index >= 15 is 0 Å². The summed E-state index contributed by atoms with van der Waals surface area (Å²) in [5.74, 6) is 0.709. The van der Waals surface area contributed by atoms with Gasteiger partial charge in [0.25, 0.3) is 0 Å². The molecule has 3 N–H and O–H groups in total. The Bertz CT molecular complexity index is 192. The zero-order chi connectivity index (χ0) is 10.7. The zero-order valence-corrected chi connectivity index (χ0v) is 9.74. The van der Waals surface area contributed by atoms with Crippen LogP contribution in [-0.4, -0.2) is 31.8 Å². The molecule has 0 aromatic heterocycles. The minimum Gasteiger partial charge on any atom is -0.381 e. The minimum absolute atomic E-state index is 0.435. The molecule has 0 aliphatic heterocycles. The van der Waals surface area contributed by atoms with Crippen LogP contribution in [0.5, 0.6) is 0 Å². The predicted molar refractivity (Wildman–Crippen MR) is 61.8 cm³/mol. The van der Waals surface area contributed by atoms with Gasteiger partial charge in [0.05, 0.1) is 6.10 Å². The van der Waals surface area contributed by atoms with Crippen molar-refractivity contribution in [3.63, 3.8) is 0 Å². The molecule has 2 atom stereocenters. The summed E-state index contributed by atoms with van der Waals surface area (Å²) in [7, 11) is 1.80. The second-order valence-electron chi connectivity index (χ2n) is 5.14. The fraction of sp³-hybridized carbons (Fsp3) is 1.00. The first-order chi connectivity index (χ1) is 7.29. The third-order valence-corrected chi connectivity index (χ3v) is 4.06. The highest BCUT2D eigenvalue weighted by Gasteiger charge is 2.30. The Morgan fingerprint density at radius 2 is 2.00 bits per heavy atom. The number of ether oxygens (including phenoxy) is 1. The first kappa shape index (κ1) is 11.4. The number of nitrogens with two attached hydrogens (primary N) is 1. The first-order valence-electron chi connectivity index (χ1n) is 6.31.